The van der Waals surface area contributed by atoms with Crippen molar-refractivity contribution in [3.8, 4) is 5.75 Å². The smallest absolute Gasteiger partial charge is 0.268 e. The Morgan fingerprint density at radius 1 is 1.03 bits per heavy atom. The van der Waals surface area contributed by atoms with Gasteiger partial charge in [-0.1, -0.05) is 58.0 Å². The summed E-state index contributed by atoms with van der Waals surface area (Å²) in [7, 11) is -6.78. The van der Waals surface area contributed by atoms with Gasteiger partial charge in [-0.2, -0.15) is 0 Å². The van der Waals surface area contributed by atoms with Gasteiger partial charge in [-0.15, -0.1) is 0 Å². The van der Waals surface area contributed by atoms with Crippen molar-refractivity contribution in [1.82, 2.24) is 20.3 Å². The third-order valence-corrected chi connectivity index (χ3v) is 19.7. The molecule has 2 aromatic carbocycles. The highest BCUT2D eigenvalue weighted by atomic mass is 32.2. The van der Waals surface area contributed by atoms with E-state index in [2.05, 4.69) is 77.6 Å². The van der Waals surface area contributed by atoms with Crippen LogP contribution in [0.3, 0.4) is 0 Å². The van der Waals surface area contributed by atoms with Crippen LogP contribution in [0.4, 0.5) is 5.69 Å². The number of anilines is 1. The van der Waals surface area contributed by atoms with Crippen LogP contribution in [0, 0.1) is 27.4 Å². The number of ether oxygens (including phenoxy) is 1. The highest BCUT2D eigenvalue weighted by molar-refractivity contribution is 7.94. The Kier molecular flexibility index (Phi) is 14.5. The van der Waals surface area contributed by atoms with Crippen molar-refractivity contribution in [2.75, 3.05) is 42.6 Å². The summed E-state index contributed by atoms with van der Waals surface area (Å²) in [5.74, 6) is 2.36. The number of sulfonamides is 1. The van der Waals surface area contributed by atoms with Crippen molar-refractivity contribution in [1.29, 1.82) is 0 Å². The number of amidine groups is 1. The number of amides is 1. The van der Waals surface area contributed by atoms with Crippen molar-refractivity contribution in [2.45, 2.75) is 135 Å². The molecule has 3 unspecified atom stereocenters. The van der Waals surface area contributed by atoms with Crippen LogP contribution in [0.2, 0.25) is 0 Å². The molecule has 18 heteroatoms. The lowest BCUT2D eigenvalue weighted by Gasteiger charge is -2.56. The van der Waals surface area contributed by atoms with E-state index in [1.165, 1.54) is 36.8 Å². The minimum Gasteiger partial charge on any atom is -0.459 e. The zero-order chi connectivity index (χ0) is 48.5. The summed E-state index contributed by atoms with van der Waals surface area (Å²) < 4.78 is 53.8. The van der Waals surface area contributed by atoms with Gasteiger partial charge in [0.1, 0.15) is 22.2 Å². The monoisotopic (exact) mass is 983 g/mol. The van der Waals surface area contributed by atoms with Gasteiger partial charge in [0, 0.05) is 94.3 Å². The number of carbonyl (C=O) groups excluding carboxylic acids is 1. The number of likely N-dealkylation sites (tertiary alicyclic amines) is 1. The maximum Gasteiger partial charge on any atom is 0.268 e. The van der Waals surface area contributed by atoms with E-state index < -0.39 is 47.7 Å². The van der Waals surface area contributed by atoms with Gasteiger partial charge in [0.05, 0.1) is 17.8 Å². The fraction of sp³-hybridized carbons (Fsp3) is 0.588. The Morgan fingerprint density at radius 2 is 1.78 bits per heavy atom. The first-order valence-electron chi connectivity index (χ1n) is 25.2. The molecule has 7 aliphatic rings. The molecule has 5 heterocycles. The highest BCUT2D eigenvalue weighted by Gasteiger charge is 2.50. The zero-order valence-corrected chi connectivity index (χ0v) is 42.1. The summed E-state index contributed by atoms with van der Waals surface area (Å²) in [5, 5.41) is 18.6. The van der Waals surface area contributed by atoms with E-state index >= 15 is 0 Å². The van der Waals surface area contributed by atoms with E-state index in [0.717, 1.165) is 82.0 Å². The fourth-order valence-electron chi connectivity index (χ4n) is 11.7. The standard InChI is InChI=1S/C51H69N9O7S2/c1-5-68(64,6-2)56-37-15-13-35(14-16-37)31-53-49-46(60(62)63)28-41(33-55-49)69(65,66)57-50(61)44-18-17-38(27-47(44)67-40-26-36-19-22-52-48(36)54-32-40)58-24-20-51(21-25-58)29-39(30-51)59-23-9-12-45(59)43-11-8-7-10-42(43)34(3)4/h7-8,10-11,17-19,22,27-28,32-37,39,45-46,49,53H,5-6,9,12-16,20-21,23-26,29-31H2,1-4H3,(H,52,54)(H,57,61)/t35?,36?,37?,45-,46?,49?/m1/s1. The van der Waals surface area contributed by atoms with Crippen LogP contribution in [-0.4, -0.2) is 102 Å². The third-order valence-electron chi connectivity index (χ3n) is 15.9. The number of dihydropyridines is 1. The van der Waals surface area contributed by atoms with Gasteiger partial charge in [0.25, 0.3) is 22.0 Å². The number of allylic oxidation sites excluding steroid dienone is 2. The Hall–Kier alpha value is -4.91. The van der Waals surface area contributed by atoms with Crippen molar-refractivity contribution < 1.29 is 27.1 Å². The van der Waals surface area contributed by atoms with Crippen LogP contribution in [0.15, 0.2) is 92.0 Å². The van der Waals surface area contributed by atoms with E-state index in [0.29, 0.717) is 53.6 Å². The Bertz CT molecular complexity index is 2660. The lowest BCUT2D eigenvalue weighted by Crippen LogP contribution is -2.55. The maximum absolute atomic E-state index is 14.1. The molecular weight excluding hydrogens is 915 g/mol. The minimum atomic E-state index is -4.60. The predicted molar refractivity (Wildman–Crippen MR) is 272 cm³/mol. The summed E-state index contributed by atoms with van der Waals surface area (Å²) >= 11 is 0. The SMILES string of the molecule is CCS(=O)(CC)=NC1CCC(CNC2N=CC(S(=O)(=O)NC(=O)c3ccc(N4CCC5(CC4)CC(N4CCC[C@@H]4c4ccccc4C(C)C)C5)cc3OC3=CN=C4NC=CC4C3)=CC2[N+](=O)[O-])CC1. The largest absolute Gasteiger partial charge is 0.459 e. The second-order valence-electron chi connectivity index (χ2n) is 20.5. The molecule has 1 amide bonds. The van der Waals surface area contributed by atoms with E-state index in [1.807, 2.05) is 38.3 Å². The summed E-state index contributed by atoms with van der Waals surface area (Å²) in [6.45, 7) is 11.7. The minimum absolute atomic E-state index is 0.000544. The molecule has 2 saturated carbocycles. The Morgan fingerprint density at radius 3 is 2.51 bits per heavy atom. The number of nitrogens with one attached hydrogen (secondary N) is 3. The quantitative estimate of drug-likeness (QED) is 0.110. The second-order valence-corrected chi connectivity index (χ2v) is 25.1. The van der Waals surface area contributed by atoms with Crippen molar-refractivity contribution >= 4 is 43.4 Å². The molecular formula is C51H69N9O7S2. The first kappa shape index (κ1) is 49.1. The van der Waals surface area contributed by atoms with Crippen LogP contribution < -0.4 is 25.0 Å². The molecule has 9 rings (SSSR count). The molecule has 372 valence electrons. The molecule has 2 aliphatic carbocycles. The molecule has 3 N–H and O–H groups in total. The lowest BCUT2D eigenvalue weighted by molar-refractivity contribution is -0.513. The first-order chi connectivity index (χ1) is 33.1. The Balaban J connectivity index is 0.851. The number of hydrogen-bond acceptors (Lipinski definition) is 14. The number of nitro groups is 1. The number of hydrogen-bond donors (Lipinski definition) is 3. The molecule has 0 radical (unpaired) electrons. The van der Waals surface area contributed by atoms with Gasteiger partial charge in [0.15, 0.2) is 6.17 Å². The molecule has 2 saturated heterocycles. The van der Waals surface area contributed by atoms with Crippen LogP contribution >= 0.6 is 0 Å². The van der Waals surface area contributed by atoms with Crippen molar-refractivity contribution in [3.63, 3.8) is 0 Å². The summed E-state index contributed by atoms with van der Waals surface area (Å²) in [4.78, 5) is 39.3. The van der Waals surface area contributed by atoms with E-state index in [4.69, 9.17) is 4.74 Å². The molecule has 1 spiro atoms. The zero-order valence-electron chi connectivity index (χ0n) is 40.4. The van der Waals surface area contributed by atoms with E-state index in [1.54, 1.807) is 12.3 Å². The number of aliphatic imine (C=N–C) groups is 2. The van der Waals surface area contributed by atoms with Gasteiger partial charge < -0.3 is 15.0 Å². The Labute approximate surface area is 408 Å². The van der Waals surface area contributed by atoms with Gasteiger partial charge >= 0.3 is 0 Å². The molecule has 5 aliphatic heterocycles. The molecule has 69 heavy (non-hydrogen) atoms. The molecule has 16 nitrogen and oxygen atoms in total. The number of rotatable bonds is 16. The van der Waals surface area contributed by atoms with Crippen LogP contribution in [-0.2, 0) is 19.8 Å². The molecule has 0 aromatic heterocycles. The van der Waals surface area contributed by atoms with Crippen molar-refractivity contribution in [2.24, 2.45) is 31.6 Å². The average Bonchev–Trinajstić information content (AvgIpc) is 4.03. The first-order valence-corrected chi connectivity index (χ1v) is 28.5. The normalized spacial score (nSPS) is 27.0. The van der Waals surface area contributed by atoms with Gasteiger partial charge in [0.2, 0.25) is 0 Å². The summed E-state index contributed by atoms with van der Waals surface area (Å²) in [5.41, 5.74) is 4.14. The second kappa shape index (κ2) is 20.4. The maximum atomic E-state index is 14.1. The number of nitrogens with zero attached hydrogens (tertiary/aromatic N) is 6. The van der Waals surface area contributed by atoms with Crippen LogP contribution in [0.1, 0.15) is 132 Å². The summed E-state index contributed by atoms with van der Waals surface area (Å²) in [6.07, 6.45) is 17.3. The number of benzene rings is 2. The molecule has 2 aromatic rings. The van der Waals surface area contributed by atoms with E-state index in [-0.39, 0.29) is 29.2 Å². The average molecular weight is 984 g/mol. The molecule has 0 bridgehead atoms. The number of fused-ring (bicyclic) bond motifs is 1. The predicted octanol–water partition coefficient (Wildman–Crippen LogP) is 7.81. The van der Waals surface area contributed by atoms with Crippen LogP contribution in [0.25, 0.3) is 0 Å². The molecule has 4 atom stereocenters. The topological polar surface area (TPSA) is 200 Å². The van der Waals surface area contributed by atoms with Gasteiger partial charge in [-0.05, 0) is 117 Å². The van der Waals surface area contributed by atoms with Crippen molar-refractivity contribution in [3.05, 3.63) is 104 Å². The fourth-order valence-corrected chi connectivity index (χ4v) is 14.2. The highest BCUT2D eigenvalue weighted by Crippen LogP contribution is 2.54. The number of piperidine rings is 1. The third kappa shape index (κ3) is 10.7. The lowest BCUT2D eigenvalue weighted by atomic mass is 9.59. The summed E-state index contributed by atoms with van der Waals surface area (Å²) in [6, 6.07) is 13.9. The van der Waals surface area contributed by atoms with Crippen LogP contribution in [0.5, 0.6) is 5.75 Å². The van der Waals surface area contributed by atoms with Gasteiger partial charge in [-0.25, -0.2) is 26.7 Å². The van der Waals surface area contributed by atoms with E-state index in [9.17, 15) is 27.5 Å². The number of carbonyl (C=O) groups is 1. The van der Waals surface area contributed by atoms with Gasteiger partial charge in [-0.3, -0.25) is 30.1 Å². The molecule has 4 fully saturated rings.